The predicted molar refractivity (Wildman–Crippen MR) is 121 cm³/mol. The Labute approximate surface area is 183 Å². The van der Waals surface area contributed by atoms with Gasteiger partial charge in [0.15, 0.2) is 0 Å². The summed E-state index contributed by atoms with van der Waals surface area (Å²) >= 11 is 0. The third-order valence-electron chi connectivity index (χ3n) is 5.98. The van der Waals surface area contributed by atoms with Crippen molar-refractivity contribution in [3.8, 4) is 17.1 Å². The molecule has 164 valence electrons. The van der Waals surface area contributed by atoms with Crippen molar-refractivity contribution in [1.29, 1.82) is 0 Å². The second kappa shape index (κ2) is 9.60. The molecule has 2 heterocycles. The van der Waals surface area contributed by atoms with Crippen LogP contribution in [0.1, 0.15) is 46.0 Å². The van der Waals surface area contributed by atoms with Crippen LogP contribution in [0.2, 0.25) is 0 Å². The van der Waals surface area contributed by atoms with Crippen LogP contribution in [0.3, 0.4) is 0 Å². The fourth-order valence-electron chi connectivity index (χ4n) is 4.30. The van der Waals surface area contributed by atoms with Crippen molar-refractivity contribution in [3.05, 3.63) is 42.7 Å². The fourth-order valence-corrected chi connectivity index (χ4v) is 4.30. The molecule has 0 unspecified atom stereocenters. The quantitative estimate of drug-likeness (QED) is 0.514. The number of ether oxygens (including phenoxy) is 2. The van der Waals surface area contributed by atoms with Crippen molar-refractivity contribution in [2.75, 3.05) is 6.61 Å². The minimum absolute atomic E-state index is 0.155. The topological polar surface area (TPSA) is 66.2 Å². The van der Waals surface area contributed by atoms with Gasteiger partial charge in [-0.25, -0.2) is 0 Å². The Balaban J connectivity index is 1.35. The van der Waals surface area contributed by atoms with Crippen LogP contribution >= 0.6 is 0 Å². The van der Waals surface area contributed by atoms with E-state index in [2.05, 4.69) is 30.1 Å². The Morgan fingerprint density at radius 1 is 1.16 bits per heavy atom. The zero-order chi connectivity index (χ0) is 21.8. The third kappa shape index (κ3) is 5.31. The second-order valence-electron chi connectivity index (χ2n) is 8.76. The van der Waals surface area contributed by atoms with Gasteiger partial charge >= 0.3 is 0 Å². The summed E-state index contributed by atoms with van der Waals surface area (Å²) in [5.74, 6) is 0.506. The molecule has 1 atom stereocenters. The molecular formula is C25H31N3O3. The molecule has 0 bridgehead atoms. The summed E-state index contributed by atoms with van der Waals surface area (Å²) in [6, 6.07) is 10.9. The smallest absolute Gasteiger partial charge is 0.297 e. The highest BCUT2D eigenvalue weighted by atomic mass is 16.5. The molecular weight excluding hydrogens is 390 g/mol. The maximum Gasteiger partial charge on any atom is 0.297 e. The molecule has 1 aliphatic rings. The van der Waals surface area contributed by atoms with Crippen molar-refractivity contribution >= 4 is 16.8 Å². The normalized spacial score (nSPS) is 20.0. The summed E-state index contributed by atoms with van der Waals surface area (Å²) in [7, 11) is 2.00. The van der Waals surface area contributed by atoms with Crippen molar-refractivity contribution in [3.63, 3.8) is 0 Å². The molecule has 6 nitrogen and oxygen atoms in total. The molecule has 31 heavy (non-hydrogen) atoms. The Morgan fingerprint density at radius 2 is 1.94 bits per heavy atom. The van der Waals surface area contributed by atoms with Gasteiger partial charge in [-0.05, 0) is 62.3 Å². The van der Waals surface area contributed by atoms with Gasteiger partial charge in [-0.2, -0.15) is 4.98 Å². The van der Waals surface area contributed by atoms with Crippen molar-refractivity contribution in [2.45, 2.75) is 58.2 Å². The molecule has 1 saturated carbocycles. The van der Waals surface area contributed by atoms with Gasteiger partial charge in [-0.1, -0.05) is 19.1 Å². The highest BCUT2D eigenvalue weighted by Gasteiger charge is 2.25. The average Bonchev–Trinajstić information content (AvgIpc) is 3.08. The van der Waals surface area contributed by atoms with Gasteiger partial charge in [0.1, 0.15) is 11.9 Å². The minimum atomic E-state index is 0.155. The lowest BCUT2D eigenvalue weighted by molar-refractivity contribution is -0.118. The first-order valence-corrected chi connectivity index (χ1v) is 11.1. The summed E-state index contributed by atoms with van der Waals surface area (Å²) in [5, 5.41) is 0. The van der Waals surface area contributed by atoms with Gasteiger partial charge in [0.2, 0.25) is 0 Å². The van der Waals surface area contributed by atoms with E-state index in [0.717, 1.165) is 47.8 Å². The number of ketones is 1. The van der Waals surface area contributed by atoms with Gasteiger partial charge in [0.05, 0.1) is 17.1 Å². The van der Waals surface area contributed by atoms with E-state index in [-0.39, 0.29) is 23.9 Å². The molecule has 0 aliphatic heterocycles. The van der Waals surface area contributed by atoms with Crippen LogP contribution in [0.4, 0.5) is 0 Å². The predicted octanol–water partition coefficient (Wildman–Crippen LogP) is 4.96. The summed E-state index contributed by atoms with van der Waals surface area (Å²) < 4.78 is 14.3. The van der Waals surface area contributed by atoms with Gasteiger partial charge in [-0.15, -0.1) is 0 Å². The molecule has 0 N–H and O–H groups in total. The lowest BCUT2D eigenvalue weighted by atomic mass is 9.95. The lowest BCUT2D eigenvalue weighted by Gasteiger charge is -2.29. The number of aryl methyl sites for hydroxylation is 1. The maximum absolute atomic E-state index is 11.2. The van der Waals surface area contributed by atoms with Crippen LogP contribution in [0.15, 0.2) is 42.7 Å². The van der Waals surface area contributed by atoms with E-state index in [1.807, 2.05) is 29.9 Å². The van der Waals surface area contributed by atoms with E-state index in [0.29, 0.717) is 19.0 Å². The number of carbonyl (C=O) groups excluding carboxylic acids is 1. The molecule has 0 saturated heterocycles. The van der Waals surface area contributed by atoms with Crippen molar-refractivity contribution in [1.82, 2.24) is 14.5 Å². The summed E-state index contributed by atoms with van der Waals surface area (Å²) in [4.78, 5) is 20.1. The second-order valence-corrected chi connectivity index (χ2v) is 8.76. The number of rotatable bonds is 8. The van der Waals surface area contributed by atoms with E-state index in [1.165, 1.54) is 0 Å². The number of carbonyl (C=O) groups is 1. The molecule has 2 aromatic heterocycles. The van der Waals surface area contributed by atoms with Crippen LogP contribution in [-0.4, -0.2) is 39.1 Å². The number of hydrogen-bond donors (Lipinski definition) is 0. The van der Waals surface area contributed by atoms with Gasteiger partial charge in [0, 0.05) is 38.0 Å². The SMILES string of the molecule is CC(=O)C[C@@H](C)COC1CCC(Oc2nc3ccc(-c4cccnc4)cc3n2C)CC1. The Hall–Kier alpha value is -2.73. The average molecular weight is 422 g/mol. The first-order chi connectivity index (χ1) is 15.0. The highest BCUT2D eigenvalue weighted by Crippen LogP contribution is 2.29. The molecule has 1 aliphatic carbocycles. The number of pyridine rings is 1. The number of aromatic nitrogens is 3. The summed E-state index contributed by atoms with van der Waals surface area (Å²) in [5.41, 5.74) is 4.19. The van der Waals surface area contributed by atoms with Crippen LogP contribution in [0.25, 0.3) is 22.2 Å². The third-order valence-corrected chi connectivity index (χ3v) is 5.98. The van der Waals surface area contributed by atoms with Crippen molar-refractivity contribution < 1.29 is 14.3 Å². The van der Waals surface area contributed by atoms with Gasteiger partial charge < -0.3 is 14.3 Å². The van der Waals surface area contributed by atoms with E-state index in [1.54, 1.807) is 13.1 Å². The summed E-state index contributed by atoms with van der Waals surface area (Å²) in [6.07, 6.45) is 8.53. The zero-order valence-electron chi connectivity index (χ0n) is 18.6. The Morgan fingerprint density at radius 3 is 2.65 bits per heavy atom. The number of fused-ring (bicyclic) bond motifs is 1. The van der Waals surface area contributed by atoms with Crippen molar-refractivity contribution in [2.24, 2.45) is 13.0 Å². The van der Waals surface area contributed by atoms with E-state index >= 15 is 0 Å². The molecule has 3 aromatic rings. The van der Waals surface area contributed by atoms with Crippen LogP contribution in [0.5, 0.6) is 6.01 Å². The first-order valence-electron chi connectivity index (χ1n) is 11.1. The van der Waals surface area contributed by atoms with E-state index in [9.17, 15) is 4.79 Å². The standard InChI is InChI=1S/C25H31N3O3/c1-17(13-18(2)29)16-30-21-7-9-22(10-8-21)31-25-27-23-11-6-19(14-24(23)28(25)3)20-5-4-12-26-15-20/h4-6,11-12,14-15,17,21-22H,7-10,13,16H2,1-3H3/t17-,21?,22?/m1/s1. The molecule has 0 spiro atoms. The minimum Gasteiger partial charge on any atom is -0.461 e. The lowest BCUT2D eigenvalue weighted by Crippen LogP contribution is -2.30. The number of benzene rings is 1. The first kappa shape index (κ1) is 21.5. The van der Waals surface area contributed by atoms with E-state index in [4.69, 9.17) is 14.5 Å². The zero-order valence-corrected chi connectivity index (χ0v) is 18.6. The molecule has 6 heteroatoms. The van der Waals surface area contributed by atoms with Gasteiger partial charge in [0.25, 0.3) is 6.01 Å². The summed E-state index contributed by atoms with van der Waals surface area (Å²) in [6.45, 7) is 4.36. The van der Waals surface area contributed by atoms with Crippen LogP contribution in [-0.2, 0) is 16.6 Å². The monoisotopic (exact) mass is 421 g/mol. The van der Waals surface area contributed by atoms with E-state index < -0.39 is 0 Å². The highest BCUT2D eigenvalue weighted by molar-refractivity contribution is 5.83. The van der Waals surface area contributed by atoms with Crippen LogP contribution in [0, 0.1) is 5.92 Å². The maximum atomic E-state index is 11.2. The number of nitrogens with zero attached hydrogens (tertiary/aromatic N) is 3. The largest absolute Gasteiger partial charge is 0.461 e. The molecule has 1 fully saturated rings. The Bertz CT molecular complexity index is 1020. The number of imidazole rings is 1. The fraction of sp³-hybridized carbons (Fsp3) is 0.480. The Kier molecular flexibility index (Phi) is 6.66. The number of Topliss-reactive ketones (excluding diaryl/α,β-unsaturated/α-hetero) is 1. The molecule has 1 aromatic carbocycles. The van der Waals surface area contributed by atoms with Gasteiger partial charge in [-0.3, -0.25) is 9.55 Å². The molecule has 0 radical (unpaired) electrons. The number of hydrogen-bond acceptors (Lipinski definition) is 5. The van der Waals surface area contributed by atoms with Crippen LogP contribution < -0.4 is 4.74 Å². The molecule has 0 amide bonds. The molecule has 4 rings (SSSR count).